The van der Waals surface area contributed by atoms with Crippen LogP contribution in [0.25, 0.3) is 22.9 Å². The maximum atomic E-state index is 9.40. The van der Waals surface area contributed by atoms with Crippen LogP contribution in [0.5, 0.6) is 0 Å². The first kappa shape index (κ1) is 14.7. The minimum atomic E-state index is 0.583. The number of aromatic nitrogens is 1. The summed E-state index contributed by atoms with van der Waals surface area (Å²) in [4.78, 5) is 4.59. The number of hydrogen-bond acceptors (Lipinski definition) is 3. The molecule has 1 aromatic heterocycles. The quantitative estimate of drug-likeness (QED) is 0.562. The fourth-order valence-corrected chi connectivity index (χ4v) is 3.07. The van der Waals surface area contributed by atoms with Crippen LogP contribution in [0.15, 0.2) is 64.5 Å². The molecule has 106 valence electrons. The van der Waals surface area contributed by atoms with Gasteiger partial charge in [0.2, 0.25) is 0 Å². The highest BCUT2D eigenvalue weighted by atomic mass is 79.9. The molecule has 0 aliphatic carbocycles. The third kappa shape index (κ3) is 3.33. The highest BCUT2D eigenvalue weighted by molar-refractivity contribution is 9.10. The Balaban J connectivity index is 1.94. The summed E-state index contributed by atoms with van der Waals surface area (Å²) >= 11 is 4.91. The van der Waals surface area contributed by atoms with Gasteiger partial charge < -0.3 is 0 Å². The third-order valence-corrected chi connectivity index (χ3v) is 4.51. The van der Waals surface area contributed by atoms with Crippen LogP contribution in [0, 0.1) is 11.3 Å². The van der Waals surface area contributed by atoms with Gasteiger partial charge in [0.25, 0.3) is 0 Å². The van der Waals surface area contributed by atoms with E-state index >= 15 is 0 Å². The zero-order valence-corrected chi connectivity index (χ0v) is 13.9. The number of hydrogen-bond donors (Lipinski definition) is 0. The van der Waals surface area contributed by atoms with Crippen LogP contribution in [0.4, 0.5) is 0 Å². The van der Waals surface area contributed by atoms with Crippen LogP contribution < -0.4 is 0 Å². The van der Waals surface area contributed by atoms with Gasteiger partial charge in [0, 0.05) is 15.4 Å². The largest absolute Gasteiger partial charge is 0.235 e. The molecule has 3 rings (SSSR count). The highest BCUT2D eigenvalue weighted by Gasteiger charge is 2.09. The second-order valence-corrected chi connectivity index (χ2v) is 6.40. The Hall–Kier alpha value is -2.22. The van der Waals surface area contributed by atoms with Crippen LogP contribution >= 0.6 is 27.3 Å². The van der Waals surface area contributed by atoms with Crippen molar-refractivity contribution in [3.63, 3.8) is 0 Å². The van der Waals surface area contributed by atoms with Gasteiger partial charge in [-0.3, -0.25) is 0 Å². The van der Waals surface area contributed by atoms with E-state index in [0.29, 0.717) is 5.57 Å². The fourth-order valence-electron chi connectivity index (χ4n) is 2.01. The van der Waals surface area contributed by atoms with Gasteiger partial charge in [0.15, 0.2) is 0 Å². The van der Waals surface area contributed by atoms with Crippen molar-refractivity contribution >= 4 is 38.9 Å². The zero-order valence-electron chi connectivity index (χ0n) is 11.5. The number of nitriles is 1. The lowest BCUT2D eigenvalue weighted by Crippen LogP contribution is -1.82. The van der Waals surface area contributed by atoms with Crippen molar-refractivity contribution in [2.45, 2.75) is 0 Å². The molecule has 2 nitrogen and oxygen atoms in total. The molecule has 0 bridgehead atoms. The van der Waals surface area contributed by atoms with Gasteiger partial charge >= 0.3 is 0 Å². The summed E-state index contributed by atoms with van der Waals surface area (Å²) in [5.41, 5.74) is 3.52. The third-order valence-electron chi connectivity index (χ3n) is 3.11. The topological polar surface area (TPSA) is 36.7 Å². The highest BCUT2D eigenvalue weighted by Crippen LogP contribution is 2.27. The maximum absolute atomic E-state index is 9.40. The number of allylic oxidation sites excluding steroid dienone is 1. The molecule has 0 saturated heterocycles. The maximum Gasteiger partial charge on any atom is 0.134 e. The predicted molar refractivity (Wildman–Crippen MR) is 95.2 cm³/mol. The summed E-state index contributed by atoms with van der Waals surface area (Å²) < 4.78 is 1.04. The smallest absolute Gasteiger partial charge is 0.134 e. The molecular weight excluding hydrogens is 356 g/mol. The molecule has 0 saturated carbocycles. The summed E-state index contributed by atoms with van der Waals surface area (Å²) in [6.45, 7) is 0. The lowest BCUT2D eigenvalue weighted by molar-refractivity contribution is 1.37. The first-order valence-electron chi connectivity index (χ1n) is 6.65. The number of halogens is 1. The summed E-state index contributed by atoms with van der Waals surface area (Å²) in [6, 6.07) is 20.0. The molecule has 0 aliphatic rings. The number of rotatable bonds is 3. The molecule has 2 aromatic carbocycles. The van der Waals surface area contributed by atoms with E-state index in [-0.39, 0.29) is 0 Å². The standard InChI is InChI=1S/C18H11BrN2S/c19-16-8-6-14(7-9-16)17-12-22-18(21-17)15(11-20)10-13-4-2-1-3-5-13/h1-10,12H/b15-10-. The van der Waals surface area contributed by atoms with Crippen molar-refractivity contribution in [1.29, 1.82) is 5.26 Å². The normalized spacial score (nSPS) is 11.2. The second kappa shape index (κ2) is 6.69. The molecule has 0 N–H and O–H groups in total. The van der Waals surface area contributed by atoms with Crippen LogP contribution in [0.2, 0.25) is 0 Å². The molecule has 0 amide bonds. The first-order valence-corrected chi connectivity index (χ1v) is 8.32. The van der Waals surface area contributed by atoms with Crippen LogP contribution in [-0.2, 0) is 0 Å². The van der Waals surface area contributed by atoms with E-state index in [1.54, 1.807) is 0 Å². The molecule has 3 aromatic rings. The Bertz CT molecular complexity index is 843. The summed E-state index contributed by atoms with van der Waals surface area (Å²) in [5, 5.41) is 12.1. The Morgan fingerprint density at radius 2 is 1.82 bits per heavy atom. The van der Waals surface area contributed by atoms with E-state index in [0.717, 1.165) is 26.3 Å². The summed E-state index contributed by atoms with van der Waals surface area (Å²) in [5.74, 6) is 0. The van der Waals surface area contributed by atoms with E-state index in [4.69, 9.17) is 0 Å². The Labute approximate surface area is 141 Å². The van der Waals surface area contributed by atoms with Crippen LogP contribution in [-0.4, -0.2) is 4.98 Å². The fraction of sp³-hybridized carbons (Fsp3) is 0. The number of nitrogens with zero attached hydrogens (tertiary/aromatic N) is 2. The minimum Gasteiger partial charge on any atom is -0.235 e. The zero-order chi connectivity index (χ0) is 15.4. The summed E-state index contributed by atoms with van der Waals surface area (Å²) in [6.07, 6.45) is 1.87. The molecule has 22 heavy (non-hydrogen) atoms. The Morgan fingerprint density at radius 3 is 2.50 bits per heavy atom. The van der Waals surface area contributed by atoms with Crippen molar-refractivity contribution < 1.29 is 0 Å². The molecule has 0 atom stereocenters. The van der Waals surface area contributed by atoms with Crippen LogP contribution in [0.1, 0.15) is 10.6 Å². The minimum absolute atomic E-state index is 0.583. The van der Waals surface area contributed by atoms with Crippen molar-refractivity contribution in [3.8, 4) is 17.3 Å². The van der Waals surface area contributed by atoms with Crippen molar-refractivity contribution in [2.75, 3.05) is 0 Å². The molecule has 0 unspecified atom stereocenters. The van der Waals surface area contributed by atoms with E-state index in [1.807, 2.05) is 66.1 Å². The number of benzene rings is 2. The lowest BCUT2D eigenvalue weighted by atomic mass is 10.1. The van der Waals surface area contributed by atoms with Gasteiger partial charge in [-0.1, -0.05) is 58.4 Å². The molecule has 0 fully saturated rings. The Morgan fingerprint density at radius 1 is 1.09 bits per heavy atom. The molecular formula is C18H11BrN2S. The predicted octanol–water partition coefficient (Wildman–Crippen LogP) is 5.64. The van der Waals surface area contributed by atoms with Crippen molar-refractivity contribution in [1.82, 2.24) is 4.98 Å². The van der Waals surface area contributed by atoms with Crippen molar-refractivity contribution in [3.05, 3.63) is 75.0 Å². The van der Waals surface area contributed by atoms with E-state index in [1.165, 1.54) is 11.3 Å². The average molecular weight is 367 g/mol. The van der Waals surface area contributed by atoms with E-state index < -0.39 is 0 Å². The molecule has 1 heterocycles. The first-order chi connectivity index (χ1) is 10.8. The van der Waals surface area contributed by atoms with Gasteiger partial charge in [-0.25, -0.2) is 4.98 Å². The van der Waals surface area contributed by atoms with Crippen molar-refractivity contribution in [2.24, 2.45) is 0 Å². The molecule has 4 heteroatoms. The second-order valence-electron chi connectivity index (χ2n) is 4.63. The van der Waals surface area contributed by atoms with E-state index in [9.17, 15) is 5.26 Å². The summed E-state index contributed by atoms with van der Waals surface area (Å²) in [7, 11) is 0. The van der Waals surface area contributed by atoms with Gasteiger partial charge in [-0.2, -0.15) is 5.26 Å². The molecule has 0 aliphatic heterocycles. The van der Waals surface area contributed by atoms with E-state index in [2.05, 4.69) is 27.0 Å². The van der Waals surface area contributed by atoms with Gasteiger partial charge in [-0.15, -0.1) is 11.3 Å². The SMILES string of the molecule is N#C/C(=C/c1ccccc1)c1nc(-c2ccc(Br)cc2)cs1. The number of thiazole rings is 1. The monoisotopic (exact) mass is 366 g/mol. The Kier molecular flexibility index (Phi) is 4.47. The van der Waals surface area contributed by atoms with Crippen LogP contribution in [0.3, 0.4) is 0 Å². The lowest BCUT2D eigenvalue weighted by Gasteiger charge is -1.97. The molecule has 0 radical (unpaired) electrons. The van der Waals surface area contributed by atoms with Gasteiger partial charge in [-0.05, 0) is 23.8 Å². The average Bonchev–Trinajstić information content (AvgIpc) is 3.04. The van der Waals surface area contributed by atoms with Gasteiger partial charge in [0.05, 0.1) is 11.3 Å². The molecule has 0 spiro atoms. The van der Waals surface area contributed by atoms with Gasteiger partial charge in [0.1, 0.15) is 11.1 Å².